The van der Waals surface area contributed by atoms with Crippen molar-refractivity contribution in [2.75, 3.05) is 14.2 Å². The topological polar surface area (TPSA) is 66.2 Å². The third-order valence-corrected chi connectivity index (χ3v) is 2.56. The smallest absolute Gasteiger partial charge is 0.259 e. The number of rotatable bonds is 4. The van der Waals surface area contributed by atoms with Crippen molar-refractivity contribution in [2.24, 2.45) is 0 Å². The van der Waals surface area contributed by atoms with Gasteiger partial charge in [-0.25, -0.2) is 4.98 Å². The van der Waals surface area contributed by atoms with Crippen molar-refractivity contribution in [1.29, 1.82) is 5.26 Å². The van der Waals surface area contributed by atoms with E-state index in [2.05, 4.69) is 4.98 Å². The molecular weight excluding hydrogens is 218 g/mol. The number of carbonyl (C=O) groups excluding carboxylic acids is 1. The summed E-state index contributed by atoms with van der Waals surface area (Å²) in [6, 6.07) is 5.24. The van der Waals surface area contributed by atoms with Crippen LogP contribution in [0.1, 0.15) is 23.7 Å². The van der Waals surface area contributed by atoms with Crippen molar-refractivity contribution in [3.8, 4) is 11.9 Å². The van der Waals surface area contributed by atoms with Gasteiger partial charge in [0.2, 0.25) is 5.88 Å². The van der Waals surface area contributed by atoms with Gasteiger partial charge in [0, 0.05) is 19.3 Å². The molecule has 0 spiro atoms. The first kappa shape index (κ1) is 13.0. The second-order valence-corrected chi connectivity index (χ2v) is 3.69. The molecule has 0 saturated heterocycles. The van der Waals surface area contributed by atoms with Gasteiger partial charge in [-0.15, -0.1) is 0 Å². The number of carbonyl (C=O) groups is 1. The minimum atomic E-state index is -0.197. The van der Waals surface area contributed by atoms with Gasteiger partial charge in [0.05, 0.1) is 19.6 Å². The molecule has 0 aliphatic heterocycles. The Morgan fingerprint density at radius 1 is 1.71 bits per heavy atom. The van der Waals surface area contributed by atoms with E-state index in [-0.39, 0.29) is 11.9 Å². The van der Waals surface area contributed by atoms with Crippen LogP contribution in [0.15, 0.2) is 18.3 Å². The molecule has 0 aliphatic carbocycles. The Hall–Kier alpha value is -2.09. The molecule has 0 aliphatic rings. The molecule has 1 atom stereocenters. The highest BCUT2D eigenvalue weighted by molar-refractivity contribution is 5.96. The number of aromatic nitrogens is 1. The molecule has 1 heterocycles. The van der Waals surface area contributed by atoms with Gasteiger partial charge in [-0.05, 0) is 19.1 Å². The zero-order valence-electron chi connectivity index (χ0n) is 10.2. The highest BCUT2D eigenvalue weighted by Crippen LogP contribution is 2.17. The van der Waals surface area contributed by atoms with Crippen molar-refractivity contribution >= 4 is 5.91 Å². The lowest BCUT2D eigenvalue weighted by atomic mass is 10.2. The number of hydrogen-bond acceptors (Lipinski definition) is 4. The van der Waals surface area contributed by atoms with Crippen LogP contribution in [0.25, 0.3) is 0 Å². The second-order valence-electron chi connectivity index (χ2n) is 3.69. The van der Waals surface area contributed by atoms with Crippen LogP contribution in [0.4, 0.5) is 0 Å². The SMILES string of the molecule is COc1ncccc1C(=O)N(C)C(C)CC#N. The van der Waals surface area contributed by atoms with Crippen molar-refractivity contribution in [2.45, 2.75) is 19.4 Å². The summed E-state index contributed by atoms with van der Waals surface area (Å²) in [5.74, 6) is 0.103. The Morgan fingerprint density at radius 2 is 2.41 bits per heavy atom. The lowest BCUT2D eigenvalue weighted by molar-refractivity contribution is 0.0742. The number of amides is 1. The van der Waals surface area contributed by atoms with Crippen LogP contribution in [0.3, 0.4) is 0 Å². The molecule has 5 nitrogen and oxygen atoms in total. The number of ether oxygens (including phenoxy) is 1. The van der Waals surface area contributed by atoms with Crippen LogP contribution in [-0.2, 0) is 0 Å². The van der Waals surface area contributed by atoms with Crippen molar-refractivity contribution < 1.29 is 9.53 Å². The maximum absolute atomic E-state index is 12.1. The van der Waals surface area contributed by atoms with Gasteiger partial charge in [-0.2, -0.15) is 5.26 Å². The quantitative estimate of drug-likeness (QED) is 0.789. The van der Waals surface area contributed by atoms with E-state index >= 15 is 0 Å². The van der Waals surface area contributed by atoms with Gasteiger partial charge < -0.3 is 9.64 Å². The van der Waals surface area contributed by atoms with E-state index in [1.54, 1.807) is 25.4 Å². The Kier molecular flexibility index (Phi) is 4.46. The first-order chi connectivity index (χ1) is 8.11. The Morgan fingerprint density at radius 3 is 3.00 bits per heavy atom. The highest BCUT2D eigenvalue weighted by atomic mass is 16.5. The van der Waals surface area contributed by atoms with Crippen molar-refractivity contribution in [1.82, 2.24) is 9.88 Å². The van der Waals surface area contributed by atoms with Crippen LogP contribution >= 0.6 is 0 Å². The van der Waals surface area contributed by atoms with Gasteiger partial charge in [0.25, 0.3) is 5.91 Å². The van der Waals surface area contributed by atoms with Crippen LogP contribution in [0.2, 0.25) is 0 Å². The minimum absolute atomic E-state index is 0.141. The summed E-state index contributed by atoms with van der Waals surface area (Å²) in [6.07, 6.45) is 1.86. The first-order valence-electron chi connectivity index (χ1n) is 5.25. The summed E-state index contributed by atoms with van der Waals surface area (Å²) in [7, 11) is 3.13. The number of pyridine rings is 1. The average Bonchev–Trinajstić information content (AvgIpc) is 2.37. The molecule has 1 unspecified atom stereocenters. The predicted octanol–water partition coefficient (Wildman–Crippen LogP) is 1.46. The van der Waals surface area contributed by atoms with Crippen LogP contribution in [0.5, 0.6) is 5.88 Å². The normalized spacial score (nSPS) is 11.4. The van der Waals surface area contributed by atoms with Crippen LogP contribution < -0.4 is 4.74 Å². The van der Waals surface area contributed by atoms with Crippen molar-refractivity contribution in [3.05, 3.63) is 23.9 Å². The molecule has 1 aromatic heterocycles. The zero-order valence-corrected chi connectivity index (χ0v) is 10.2. The van der Waals surface area contributed by atoms with E-state index in [1.807, 2.05) is 13.0 Å². The van der Waals surface area contributed by atoms with Gasteiger partial charge in [-0.3, -0.25) is 4.79 Å². The van der Waals surface area contributed by atoms with E-state index in [1.165, 1.54) is 12.0 Å². The molecule has 0 radical (unpaired) electrons. The molecule has 1 rings (SSSR count). The molecule has 0 aromatic carbocycles. The van der Waals surface area contributed by atoms with E-state index in [0.29, 0.717) is 17.9 Å². The predicted molar refractivity (Wildman–Crippen MR) is 62.6 cm³/mol. The Labute approximate surface area is 101 Å². The van der Waals surface area contributed by atoms with E-state index in [9.17, 15) is 4.79 Å². The standard InChI is InChI=1S/C12H15N3O2/c1-9(6-7-13)15(2)12(16)10-5-4-8-14-11(10)17-3/h4-5,8-9H,6H2,1-3H3. The Bertz CT molecular complexity index is 440. The lowest BCUT2D eigenvalue weighted by Gasteiger charge is -2.23. The van der Waals surface area contributed by atoms with Gasteiger partial charge in [0.15, 0.2) is 0 Å². The molecule has 90 valence electrons. The monoisotopic (exact) mass is 233 g/mol. The molecule has 5 heteroatoms. The fourth-order valence-electron chi connectivity index (χ4n) is 1.38. The lowest BCUT2D eigenvalue weighted by Crippen LogP contribution is -2.35. The summed E-state index contributed by atoms with van der Waals surface area (Å²) < 4.78 is 5.03. The summed E-state index contributed by atoms with van der Waals surface area (Å²) in [5.41, 5.74) is 0.405. The fraction of sp³-hybridized carbons (Fsp3) is 0.417. The summed E-state index contributed by atoms with van der Waals surface area (Å²) in [4.78, 5) is 17.6. The van der Waals surface area contributed by atoms with Crippen molar-refractivity contribution in [3.63, 3.8) is 0 Å². The second kappa shape index (κ2) is 5.85. The molecule has 0 bridgehead atoms. The third kappa shape index (κ3) is 2.94. The molecule has 0 saturated carbocycles. The highest BCUT2D eigenvalue weighted by Gasteiger charge is 2.20. The van der Waals surface area contributed by atoms with Gasteiger partial charge in [0.1, 0.15) is 5.56 Å². The molecule has 0 N–H and O–H groups in total. The van der Waals surface area contributed by atoms with Crippen LogP contribution in [-0.4, -0.2) is 36.0 Å². The van der Waals surface area contributed by atoms with Gasteiger partial charge >= 0.3 is 0 Å². The van der Waals surface area contributed by atoms with E-state index in [0.717, 1.165) is 0 Å². The average molecular weight is 233 g/mol. The number of methoxy groups -OCH3 is 1. The van der Waals surface area contributed by atoms with Gasteiger partial charge in [-0.1, -0.05) is 0 Å². The van der Waals surface area contributed by atoms with E-state index < -0.39 is 0 Å². The van der Waals surface area contributed by atoms with Crippen LogP contribution in [0, 0.1) is 11.3 Å². The fourth-order valence-corrected chi connectivity index (χ4v) is 1.38. The maximum atomic E-state index is 12.1. The third-order valence-electron chi connectivity index (χ3n) is 2.56. The largest absolute Gasteiger partial charge is 0.480 e. The van der Waals surface area contributed by atoms with E-state index in [4.69, 9.17) is 10.00 Å². The molecule has 1 amide bonds. The maximum Gasteiger partial charge on any atom is 0.259 e. The zero-order chi connectivity index (χ0) is 12.8. The summed E-state index contributed by atoms with van der Waals surface area (Å²) in [6.45, 7) is 1.82. The minimum Gasteiger partial charge on any atom is -0.480 e. The summed E-state index contributed by atoms with van der Waals surface area (Å²) in [5, 5.41) is 8.61. The molecular formula is C12H15N3O2. The number of hydrogen-bond donors (Lipinski definition) is 0. The number of nitriles is 1. The molecule has 0 fully saturated rings. The number of nitrogens with zero attached hydrogens (tertiary/aromatic N) is 3. The molecule has 17 heavy (non-hydrogen) atoms. The first-order valence-corrected chi connectivity index (χ1v) is 5.25. The molecule has 1 aromatic rings. The Balaban J connectivity index is 2.93. The summed E-state index contributed by atoms with van der Waals surface area (Å²) >= 11 is 0.